The maximum atomic E-state index is 13.6. The van der Waals surface area contributed by atoms with Gasteiger partial charge < -0.3 is 10.2 Å². The second-order valence-electron chi connectivity index (χ2n) is 5.37. The first kappa shape index (κ1) is 15.3. The predicted octanol–water partition coefficient (Wildman–Crippen LogP) is 3.00. The smallest absolute Gasteiger partial charge is 0.261 e. The molecule has 0 radical (unpaired) electrons. The first-order chi connectivity index (χ1) is 11.1. The summed E-state index contributed by atoms with van der Waals surface area (Å²) in [5.41, 5.74) is -0.328. The van der Waals surface area contributed by atoms with Crippen molar-refractivity contribution in [1.29, 1.82) is 0 Å². The molecule has 23 heavy (non-hydrogen) atoms. The van der Waals surface area contributed by atoms with Gasteiger partial charge in [0.05, 0.1) is 18.1 Å². The first-order valence-corrected chi connectivity index (χ1v) is 7.47. The minimum Gasteiger partial charge on any atom is -0.341 e. The molecule has 1 aromatic carbocycles. The molecule has 3 rings (SSSR count). The van der Waals surface area contributed by atoms with Crippen LogP contribution < -0.4 is 10.2 Å². The van der Waals surface area contributed by atoms with E-state index >= 15 is 0 Å². The molecule has 1 amide bonds. The third-order valence-electron chi connectivity index (χ3n) is 3.72. The molecule has 1 aromatic heterocycles. The van der Waals surface area contributed by atoms with Gasteiger partial charge in [0, 0.05) is 13.1 Å². The molecule has 7 heteroatoms. The number of halogens is 2. The molecule has 0 aliphatic carbocycles. The van der Waals surface area contributed by atoms with Crippen molar-refractivity contribution in [3.8, 4) is 0 Å². The second kappa shape index (κ2) is 6.68. The van der Waals surface area contributed by atoms with E-state index in [0.29, 0.717) is 11.6 Å². The van der Waals surface area contributed by atoms with Crippen molar-refractivity contribution in [2.75, 3.05) is 23.3 Å². The van der Waals surface area contributed by atoms with Crippen LogP contribution >= 0.6 is 0 Å². The largest absolute Gasteiger partial charge is 0.341 e. The van der Waals surface area contributed by atoms with Crippen LogP contribution in [0.4, 0.5) is 20.4 Å². The summed E-state index contributed by atoms with van der Waals surface area (Å²) in [7, 11) is 0. The van der Waals surface area contributed by atoms with Gasteiger partial charge in [-0.25, -0.2) is 18.7 Å². The number of amides is 1. The van der Waals surface area contributed by atoms with Gasteiger partial charge in [-0.2, -0.15) is 0 Å². The highest BCUT2D eigenvalue weighted by Crippen LogP contribution is 2.18. The van der Waals surface area contributed by atoms with Gasteiger partial charge in [0.1, 0.15) is 17.2 Å². The van der Waals surface area contributed by atoms with E-state index in [4.69, 9.17) is 0 Å². The molecule has 1 saturated heterocycles. The summed E-state index contributed by atoms with van der Waals surface area (Å²) in [6.45, 7) is 1.82. The van der Waals surface area contributed by atoms with Crippen LogP contribution in [0, 0.1) is 11.6 Å². The van der Waals surface area contributed by atoms with E-state index in [2.05, 4.69) is 20.2 Å². The van der Waals surface area contributed by atoms with Gasteiger partial charge in [0.2, 0.25) is 5.95 Å². The molecular formula is C16H16F2N4O. The molecular weight excluding hydrogens is 302 g/mol. The number of hydrogen-bond acceptors (Lipinski definition) is 4. The number of piperidine rings is 1. The first-order valence-electron chi connectivity index (χ1n) is 7.47. The molecule has 0 saturated carbocycles. The Balaban J connectivity index is 1.72. The fourth-order valence-corrected chi connectivity index (χ4v) is 2.55. The van der Waals surface area contributed by atoms with Crippen molar-refractivity contribution in [1.82, 2.24) is 9.97 Å². The van der Waals surface area contributed by atoms with Crippen molar-refractivity contribution in [3.63, 3.8) is 0 Å². The van der Waals surface area contributed by atoms with E-state index in [1.807, 2.05) is 0 Å². The number of anilines is 2. The predicted molar refractivity (Wildman–Crippen MR) is 82.4 cm³/mol. The van der Waals surface area contributed by atoms with E-state index in [0.717, 1.165) is 38.1 Å². The topological polar surface area (TPSA) is 58.1 Å². The van der Waals surface area contributed by atoms with E-state index in [-0.39, 0.29) is 0 Å². The van der Waals surface area contributed by atoms with Gasteiger partial charge in [-0.3, -0.25) is 4.79 Å². The zero-order valence-electron chi connectivity index (χ0n) is 12.4. The van der Waals surface area contributed by atoms with E-state index in [1.165, 1.54) is 24.9 Å². The third kappa shape index (κ3) is 3.44. The van der Waals surface area contributed by atoms with Crippen molar-refractivity contribution < 1.29 is 13.6 Å². The summed E-state index contributed by atoms with van der Waals surface area (Å²) in [6, 6.07) is 3.28. The lowest BCUT2D eigenvalue weighted by molar-refractivity contribution is 0.101. The molecule has 2 heterocycles. The number of rotatable bonds is 3. The minimum atomic E-state index is -0.909. The summed E-state index contributed by atoms with van der Waals surface area (Å²) in [6.07, 6.45) is 6.29. The van der Waals surface area contributed by atoms with E-state index in [1.54, 1.807) is 0 Å². The average molecular weight is 318 g/mol. The van der Waals surface area contributed by atoms with Crippen molar-refractivity contribution in [2.45, 2.75) is 19.3 Å². The zero-order valence-corrected chi connectivity index (χ0v) is 12.4. The zero-order chi connectivity index (χ0) is 16.2. The summed E-state index contributed by atoms with van der Waals surface area (Å²) in [5, 5.41) is 2.41. The number of nitrogens with zero attached hydrogens (tertiary/aromatic N) is 3. The molecule has 5 nitrogen and oxygen atoms in total. The second-order valence-corrected chi connectivity index (χ2v) is 5.37. The lowest BCUT2D eigenvalue weighted by Gasteiger charge is -2.26. The molecule has 1 fully saturated rings. The molecule has 0 unspecified atom stereocenters. The van der Waals surface area contributed by atoms with E-state index in [9.17, 15) is 13.6 Å². The summed E-state index contributed by atoms with van der Waals surface area (Å²) in [4.78, 5) is 22.5. The normalized spacial score (nSPS) is 14.6. The molecule has 0 bridgehead atoms. The van der Waals surface area contributed by atoms with Gasteiger partial charge in [-0.05, 0) is 31.4 Å². The number of benzene rings is 1. The Morgan fingerprint density at radius 1 is 1.04 bits per heavy atom. The molecule has 0 atom stereocenters. The highest BCUT2D eigenvalue weighted by atomic mass is 19.1. The molecule has 1 aliphatic rings. The van der Waals surface area contributed by atoms with Crippen LogP contribution in [-0.4, -0.2) is 29.0 Å². The molecule has 1 aliphatic heterocycles. The van der Waals surface area contributed by atoms with Gasteiger partial charge in [0.15, 0.2) is 0 Å². The Labute approximate surface area is 132 Å². The highest BCUT2D eigenvalue weighted by molar-refractivity contribution is 6.04. The SMILES string of the molecule is O=C(Nc1cnc(N2CCCCC2)nc1)c1c(F)cccc1F. The molecule has 120 valence electrons. The number of aromatic nitrogens is 2. The lowest BCUT2D eigenvalue weighted by Crippen LogP contribution is -2.30. The quantitative estimate of drug-likeness (QED) is 0.945. The number of carbonyl (C=O) groups excluding carboxylic acids is 1. The van der Waals surface area contributed by atoms with Crippen LogP contribution in [0.5, 0.6) is 0 Å². The Hall–Kier alpha value is -2.57. The number of hydrogen-bond donors (Lipinski definition) is 1. The number of carbonyl (C=O) groups is 1. The fourth-order valence-electron chi connectivity index (χ4n) is 2.55. The van der Waals surface area contributed by atoms with Gasteiger partial charge in [0.25, 0.3) is 5.91 Å². The van der Waals surface area contributed by atoms with Crippen LogP contribution in [-0.2, 0) is 0 Å². The lowest BCUT2D eigenvalue weighted by atomic mass is 10.1. The van der Waals surface area contributed by atoms with E-state index < -0.39 is 23.1 Å². The summed E-state index contributed by atoms with van der Waals surface area (Å²) in [5.74, 6) is -2.09. The Kier molecular flexibility index (Phi) is 4.45. The van der Waals surface area contributed by atoms with Gasteiger partial charge >= 0.3 is 0 Å². The summed E-state index contributed by atoms with van der Waals surface area (Å²) >= 11 is 0. The van der Waals surface area contributed by atoms with Gasteiger partial charge in [-0.15, -0.1) is 0 Å². The Morgan fingerprint density at radius 2 is 1.65 bits per heavy atom. The Morgan fingerprint density at radius 3 is 2.26 bits per heavy atom. The standard InChI is InChI=1S/C16H16F2N4O/c17-12-5-4-6-13(18)14(12)15(23)21-11-9-19-16(20-10-11)22-7-2-1-3-8-22/h4-6,9-10H,1-3,7-8H2,(H,21,23). The molecule has 0 spiro atoms. The minimum absolute atomic E-state index is 0.290. The monoisotopic (exact) mass is 318 g/mol. The van der Waals surface area contributed by atoms with Crippen LogP contribution in [0.3, 0.4) is 0 Å². The molecule has 1 N–H and O–H groups in total. The Bertz CT molecular complexity index is 679. The molecule has 2 aromatic rings. The van der Waals surface area contributed by atoms with Crippen molar-refractivity contribution in [3.05, 3.63) is 47.8 Å². The van der Waals surface area contributed by atoms with Crippen LogP contribution in [0.15, 0.2) is 30.6 Å². The van der Waals surface area contributed by atoms with Crippen molar-refractivity contribution >= 4 is 17.5 Å². The summed E-state index contributed by atoms with van der Waals surface area (Å²) < 4.78 is 27.1. The highest BCUT2D eigenvalue weighted by Gasteiger charge is 2.18. The van der Waals surface area contributed by atoms with Crippen LogP contribution in [0.1, 0.15) is 29.6 Å². The maximum absolute atomic E-state index is 13.6. The fraction of sp³-hybridized carbons (Fsp3) is 0.312. The third-order valence-corrected chi connectivity index (χ3v) is 3.72. The van der Waals surface area contributed by atoms with Crippen LogP contribution in [0.25, 0.3) is 0 Å². The maximum Gasteiger partial charge on any atom is 0.261 e. The number of nitrogens with one attached hydrogen (secondary N) is 1. The van der Waals surface area contributed by atoms with Gasteiger partial charge in [-0.1, -0.05) is 6.07 Å². The average Bonchev–Trinajstić information content (AvgIpc) is 2.56. The van der Waals surface area contributed by atoms with Crippen molar-refractivity contribution in [2.24, 2.45) is 0 Å². The van der Waals surface area contributed by atoms with Crippen LogP contribution in [0.2, 0.25) is 0 Å².